The summed E-state index contributed by atoms with van der Waals surface area (Å²) in [4.78, 5) is 9.48. The van der Waals surface area contributed by atoms with Crippen LogP contribution in [0.15, 0.2) is 24.3 Å². The first kappa shape index (κ1) is 20.5. The predicted octanol–water partition coefficient (Wildman–Crippen LogP) is 4.92. The lowest BCUT2D eigenvalue weighted by Crippen LogP contribution is -2.20. The molecule has 0 bridgehead atoms. The maximum Gasteiger partial charge on any atom is 0.101 e. The Labute approximate surface area is 157 Å². The maximum atomic E-state index is 10.6. The fraction of sp³-hybridized carbons (Fsp3) is 0.545. The van der Waals surface area contributed by atoms with E-state index in [9.17, 15) is 10.2 Å². The molecule has 0 aliphatic carbocycles. The van der Waals surface area contributed by atoms with Crippen molar-refractivity contribution in [3.63, 3.8) is 0 Å². The summed E-state index contributed by atoms with van der Waals surface area (Å²) in [5.74, 6) is 0. The summed E-state index contributed by atoms with van der Waals surface area (Å²) in [6.45, 7) is 15.9. The van der Waals surface area contributed by atoms with Gasteiger partial charge in [-0.1, -0.05) is 53.7 Å². The smallest absolute Gasteiger partial charge is 0.101 e. The number of aliphatic hydroxyl groups is 2. The van der Waals surface area contributed by atoms with Gasteiger partial charge < -0.3 is 10.2 Å². The van der Waals surface area contributed by atoms with Crippen molar-refractivity contribution in [1.82, 2.24) is 9.97 Å². The van der Waals surface area contributed by atoms with Gasteiger partial charge in [0.15, 0.2) is 0 Å². The summed E-state index contributed by atoms with van der Waals surface area (Å²) < 4.78 is 0. The second kappa shape index (κ2) is 7.09. The molecule has 2 aromatic heterocycles. The summed E-state index contributed by atoms with van der Waals surface area (Å²) in [7, 11) is 0. The van der Waals surface area contributed by atoms with Gasteiger partial charge in [-0.3, -0.25) is 0 Å². The lowest BCUT2D eigenvalue weighted by atomic mass is 9.86. The molecular weight excluding hydrogens is 324 g/mol. The molecule has 0 aliphatic rings. The quantitative estimate of drug-likeness (QED) is 0.819. The molecule has 0 saturated heterocycles. The Balaban J connectivity index is 2.58. The zero-order chi connectivity index (χ0) is 19.9. The maximum absolute atomic E-state index is 10.6. The van der Waals surface area contributed by atoms with Crippen molar-refractivity contribution < 1.29 is 10.2 Å². The van der Waals surface area contributed by atoms with Crippen LogP contribution in [0.25, 0.3) is 11.4 Å². The fourth-order valence-corrected chi connectivity index (χ4v) is 2.76. The monoisotopic (exact) mass is 356 g/mol. The highest BCUT2D eigenvalue weighted by molar-refractivity contribution is 5.63. The number of nitrogens with zero attached hydrogens (tertiary/aromatic N) is 2. The van der Waals surface area contributed by atoms with Crippen LogP contribution < -0.4 is 0 Å². The Kier molecular flexibility index (Phi) is 5.60. The minimum absolute atomic E-state index is 0.299. The summed E-state index contributed by atoms with van der Waals surface area (Å²) >= 11 is 0. The third-order valence-electron chi connectivity index (χ3n) is 4.66. The molecule has 0 unspecified atom stereocenters. The standard InChI is InChI=1S/C22H32N2O2/c1-13-9-11-15(19(25)21(3,4)5)23-17(13)18-14(2)10-12-16(24-18)20(26)22(6,7)8/h9-12,19-20,25-26H,1-8H3/t19-,20-/m1/s1. The molecular formula is C22H32N2O2. The fourth-order valence-electron chi connectivity index (χ4n) is 2.76. The van der Waals surface area contributed by atoms with E-state index in [-0.39, 0.29) is 10.8 Å². The summed E-state index contributed by atoms with van der Waals surface area (Å²) in [5, 5.41) is 21.2. The molecule has 4 heteroatoms. The minimum atomic E-state index is -0.662. The van der Waals surface area contributed by atoms with Crippen molar-refractivity contribution in [1.29, 1.82) is 0 Å². The molecule has 2 heterocycles. The van der Waals surface area contributed by atoms with E-state index in [1.165, 1.54) is 0 Å². The van der Waals surface area contributed by atoms with Crippen molar-refractivity contribution >= 4 is 0 Å². The van der Waals surface area contributed by atoms with Crippen LogP contribution in [-0.4, -0.2) is 20.2 Å². The third kappa shape index (κ3) is 4.30. The van der Waals surface area contributed by atoms with Crippen LogP contribution >= 0.6 is 0 Å². The van der Waals surface area contributed by atoms with Crippen LogP contribution in [0, 0.1) is 24.7 Å². The van der Waals surface area contributed by atoms with Gasteiger partial charge >= 0.3 is 0 Å². The van der Waals surface area contributed by atoms with Gasteiger partial charge in [-0.05, 0) is 47.9 Å². The third-order valence-corrected chi connectivity index (χ3v) is 4.66. The van der Waals surface area contributed by atoms with Gasteiger partial charge in [0.05, 0.1) is 22.8 Å². The Bertz CT molecular complexity index is 718. The van der Waals surface area contributed by atoms with Crippen molar-refractivity contribution in [3.8, 4) is 11.4 Å². The number of aryl methyl sites for hydroxylation is 2. The van der Waals surface area contributed by atoms with Crippen molar-refractivity contribution in [2.24, 2.45) is 10.8 Å². The molecule has 0 amide bonds. The topological polar surface area (TPSA) is 66.2 Å². The van der Waals surface area contributed by atoms with Gasteiger partial charge in [-0.2, -0.15) is 0 Å². The molecule has 0 aromatic carbocycles. The summed E-state index contributed by atoms with van der Waals surface area (Å²) in [6.07, 6.45) is -1.32. The molecule has 0 fully saturated rings. The molecule has 2 atom stereocenters. The second-order valence-electron chi connectivity index (χ2n) is 9.34. The van der Waals surface area contributed by atoms with Crippen LogP contribution in [-0.2, 0) is 0 Å². The number of pyridine rings is 2. The summed E-state index contributed by atoms with van der Waals surface area (Å²) in [5.41, 5.74) is 4.18. The lowest BCUT2D eigenvalue weighted by molar-refractivity contribution is 0.0587. The summed E-state index contributed by atoms with van der Waals surface area (Å²) in [6, 6.07) is 7.69. The molecule has 2 N–H and O–H groups in total. The van der Waals surface area contributed by atoms with Crippen LogP contribution in [0.2, 0.25) is 0 Å². The predicted molar refractivity (Wildman–Crippen MR) is 106 cm³/mol. The number of hydrogen-bond acceptors (Lipinski definition) is 4. The molecule has 2 rings (SSSR count). The number of hydrogen-bond donors (Lipinski definition) is 2. The number of aliphatic hydroxyl groups excluding tert-OH is 2. The largest absolute Gasteiger partial charge is 0.386 e. The SMILES string of the molecule is Cc1ccc([C@@H](O)C(C)(C)C)nc1-c1nc([C@@H](O)C(C)(C)C)ccc1C. The molecule has 0 aliphatic heterocycles. The van der Waals surface area contributed by atoms with E-state index >= 15 is 0 Å². The van der Waals surface area contributed by atoms with E-state index in [1.54, 1.807) is 0 Å². The molecule has 2 aromatic rings. The number of aromatic nitrogens is 2. The first-order valence-corrected chi connectivity index (χ1v) is 9.14. The van der Waals surface area contributed by atoms with E-state index in [1.807, 2.05) is 79.7 Å². The van der Waals surface area contributed by atoms with E-state index < -0.39 is 12.2 Å². The minimum Gasteiger partial charge on any atom is -0.386 e. The molecule has 0 spiro atoms. The van der Waals surface area contributed by atoms with Gasteiger partial charge in [-0.15, -0.1) is 0 Å². The van der Waals surface area contributed by atoms with Crippen molar-refractivity contribution in [3.05, 3.63) is 46.8 Å². The van der Waals surface area contributed by atoms with Gasteiger partial charge in [0.2, 0.25) is 0 Å². The average molecular weight is 357 g/mol. The lowest BCUT2D eigenvalue weighted by Gasteiger charge is -2.27. The molecule has 4 nitrogen and oxygen atoms in total. The highest BCUT2D eigenvalue weighted by atomic mass is 16.3. The normalized spacial score (nSPS) is 15.0. The molecule has 26 heavy (non-hydrogen) atoms. The van der Waals surface area contributed by atoms with Gasteiger partial charge in [-0.25, -0.2) is 9.97 Å². The van der Waals surface area contributed by atoms with Gasteiger partial charge in [0.25, 0.3) is 0 Å². The molecule has 0 saturated carbocycles. The van der Waals surface area contributed by atoms with E-state index in [4.69, 9.17) is 9.97 Å². The Morgan fingerprint density at radius 3 is 1.23 bits per heavy atom. The second-order valence-corrected chi connectivity index (χ2v) is 9.34. The first-order valence-electron chi connectivity index (χ1n) is 9.14. The molecule has 142 valence electrons. The van der Waals surface area contributed by atoms with E-state index in [2.05, 4.69) is 0 Å². The van der Waals surface area contributed by atoms with Crippen LogP contribution in [0.4, 0.5) is 0 Å². The Morgan fingerprint density at radius 2 is 0.962 bits per heavy atom. The van der Waals surface area contributed by atoms with E-state index in [0.717, 1.165) is 22.5 Å². The van der Waals surface area contributed by atoms with Crippen molar-refractivity contribution in [2.45, 2.75) is 67.6 Å². The number of rotatable bonds is 3. The highest BCUT2D eigenvalue weighted by Gasteiger charge is 2.27. The van der Waals surface area contributed by atoms with Gasteiger partial charge in [0, 0.05) is 0 Å². The Morgan fingerprint density at radius 1 is 0.654 bits per heavy atom. The molecule has 0 radical (unpaired) electrons. The average Bonchev–Trinajstić information content (AvgIpc) is 2.53. The van der Waals surface area contributed by atoms with Crippen LogP contribution in [0.3, 0.4) is 0 Å². The van der Waals surface area contributed by atoms with Crippen LogP contribution in [0.5, 0.6) is 0 Å². The van der Waals surface area contributed by atoms with E-state index in [0.29, 0.717) is 11.4 Å². The van der Waals surface area contributed by atoms with Crippen LogP contribution in [0.1, 0.15) is 76.3 Å². The zero-order valence-electron chi connectivity index (χ0n) is 17.3. The Hall–Kier alpha value is -1.78. The first-order chi connectivity index (χ1) is 11.8. The zero-order valence-corrected chi connectivity index (χ0v) is 17.3. The van der Waals surface area contributed by atoms with Crippen molar-refractivity contribution in [2.75, 3.05) is 0 Å². The highest BCUT2D eigenvalue weighted by Crippen LogP contribution is 2.35. The van der Waals surface area contributed by atoms with Gasteiger partial charge in [0.1, 0.15) is 12.2 Å².